The van der Waals surface area contributed by atoms with E-state index in [1.807, 2.05) is 13.8 Å². The summed E-state index contributed by atoms with van der Waals surface area (Å²) in [6.45, 7) is 3.93. The fourth-order valence-corrected chi connectivity index (χ4v) is 2.50. The second kappa shape index (κ2) is 6.92. The van der Waals surface area contributed by atoms with Gasteiger partial charge in [-0.2, -0.15) is 0 Å². The van der Waals surface area contributed by atoms with Crippen LogP contribution in [0.25, 0.3) is 0 Å². The maximum Gasteiger partial charge on any atom is 0.356 e. The molecule has 1 amide bonds. The van der Waals surface area contributed by atoms with Crippen molar-refractivity contribution in [2.24, 2.45) is 0 Å². The molecule has 24 heavy (non-hydrogen) atoms. The maximum atomic E-state index is 13.1. The quantitative estimate of drug-likeness (QED) is 0.864. The van der Waals surface area contributed by atoms with Gasteiger partial charge in [0.05, 0.1) is 12.4 Å². The Morgan fingerprint density at radius 3 is 2.42 bits per heavy atom. The molecular formula is C16H15ClFN3O3. The van der Waals surface area contributed by atoms with Crippen molar-refractivity contribution in [3.05, 3.63) is 58.4 Å². The molecule has 2 rings (SSSR count). The molecular weight excluding hydrogens is 337 g/mol. The number of carbonyl (C=O) groups is 2. The van der Waals surface area contributed by atoms with Gasteiger partial charge in [0.25, 0.3) is 5.91 Å². The van der Waals surface area contributed by atoms with E-state index in [1.165, 1.54) is 12.1 Å². The zero-order chi connectivity index (χ0) is 17.9. The molecule has 0 aliphatic carbocycles. The third-order valence-corrected chi connectivity index (χ3v) is 3.77. The molecule has 0 radical (unpaired) electrons. The Balaban J connectivity index is 2.08. The van der Waals surface area contributed by atoms with Crippen LogP contribution in [0.15, 0.2) is 30.6 Å². The molecule has 0 fully saturated rings. The van der Waals surface area contributed by atoms with E-state index in [4.69, 9.17) is 16.7 Å². The van der Waals surface area contributed by atoms with Gasteiger partial charge in [-0.25, -0.2) is 19.2 Å². The number of benzene rings is 1. The van der Waals surface area contributed by atoms with Crippen LogP contribution in [0.4, 0.5) is 4.39 Å². The third-order valence-electron chi connectivity index (χ3n) is 3.45. The predicted octanol–water partition coefficient (Wildman–Crippen LogP) is 2.67. The lowest BCUT2D eigenvalue weighted by atomic mass is 9.84. The molecule has 0 unspecified atom stereocenters. The first kappa shape index (κ1) is 17.8. The van der Waals surface area contributed by atoms with Crippen molar-refractivity contribution in [3.8, 4) is 0 Å². The van der Waals surface area contributed by atoms with E-state index in [0.29, 0.717) is 5.56 Å². The van der Waals surface area contributed by atoms with E-state index in [9.17, 15) is 14.0 Å². The molecule has 1 heterocycles. The molecule has 2 aromatic rings. The number of amides is 1. The number of nitrogens with zero attached hydrogens (tertiary/aromatic N) is 2. The van der Waals surface area contributed by atoms with Gasteiger partial charge < -0.3 is 10.4 Å². The summed E-state index contributed by atoms with van der Waals surface area (Å²) in [5.41, 5.74) is -0.0985. The lowest BCUT2D eigenvalue weighted by Crippen LogP contribution is -2.37. The van der Waals surface area contributed by atoms with Crippen LogP contribution in [0, 0.1) is 5.82 Å². The number of halogens is 2. The lowest BCUT2D eigenvalue weighted by Gasteiger charge is -2.26. The third kappa shape index (κ3) is 4.05. The zero-order valence-corrected chi connectivity index (χ0v) is 13.8. The van der Waals surface area contributed by atoms with Crippen molar-refractivity contribution in [3.63, 3.8) is 0 Å². The molecule has 8 heteroatoms. The van der Waals surface area contributed by atoms with Gasteiger partial charge in [0, 0.05) is 17.0 Å². The van der Waals surface area contributed by atoms with Crippen LogP contribution in [0.2, 0.25) is 5.02 Å². The number of carboxylic acids is 1. The maximum absolute atomic E-state index is 13.1. The predicted molar refractivity (Wildman–Crippen MR) is 85.8 cm³/mol. The van der Waals surface area contributed by atoms with Crippen LogP contribution >= 0.6 is 11.6 Å². The smallest absolute Gasteiger partial charge is 0.356 e. The number of hydrogen-bond donors (Lipinski definition) is 2. The number of nitrogens with one attached hydrogen (secondary N) is 1. The highest BCUT2D eigenvalue weighted by Crippen LogP contribution is 2.29. The number of carboxylic acid groups (broad SMARTS) is 1. The van der Waals surface area contributed by atoms with E-state index < -0.39 is 23.1 Å². The van der Waals surface area contributed by atoms with Crippen molar-refractivity contribution in [2.45, 2.75) is 19.3 Å². The van der Waals surface area contributed by atoms with Crippen molar-refractivity contribution in [1.29, 1.82) is 0 Å². The molecule has 0 aliphatic heterocycles. The first-order chi connectivity index (χ1) is 11.2. The second-order valence-corrected chi connectivity index (χ2v) is 6.19. The molecule has 0 spiro atoms. The van der Waals surface area contributed by atoms with Crippen LogP contribution in [0.5, 0.6) is 0 Å². The minimum absolute atomic E-state index is 0.000929. The highest BCUT2D eigenvalue weighted by Gasteiger charge is 2.25. The largest absolute Gasteiger partial charge is 0.476 e. The molecule has 0 saturated carbocycles. The Kier molecular flexibility index (Phi) is 5.14. The van der Waals surface area contributed by atoms with Crippen LogP contribution in [0.3, 0.4) is 0 Å². The Hall–Kier alpha value is -2.54. The van der Waals surface area contributed by atoms with Gasteiger partial charge in [0.15, 0.2) is 5.69 Å². The zero-order valence-electron chi connectivity index (χ0n) is 13.0. The molecule has 1 aromatic carbocycles. The summed E-state index contributed by atoms with van der Waals surface area (Å²) >= 11 is 6.06. The molecule has 126 valence electrons. The molecule has 0 atom stereocenters. The number of hydrogen-bond acceptors (Lipinski definition) is 4. The van der Waals surface area contributed by atoms with E-state index in [0.717, 1.165) is 12.4 Å². The summed E-state index contributed by atoms with van der Waals surface area (Å²) in [5, 5.41) is 11.7. The van der Waals surface area contributed by atoms with E-state index in [2.05, 4.69) is 15.3 Å². The second-order valence-electron chi connectivity index (χ2n) is 5.78. The fourth-order valence-electron chi connectivity index (χ4n) is 2.08. The highest BCUT2D eigenvalue weighted by atomic mass is 35.5. The standard InChI is InChI=1S/C16H15ClFN3O3/c1-16(2,10-4-3-9(18)5-11(10)17)8-21-14(22)12-6-20-13(7-19-12)15(23)24/h3-7H,8H2,1-2H3,(H,21,22)(H,23,24). The van der Waals surface area contributed by atoms with Gasteiger partial charge in [-0.05, 0) is 17.7 Å². The van der Waals surface area contributed by atoms with Crippen molar-refractivity contribution < 1.29 is 19.1 Å². The van der Waals surface area contributed by atoms with Crippen molar-refractivity contribution >= 4 is 23.5 Å². The first-order valence-electron chi connectivity index (χ1n) is 7.00. The van der Waals surface area contributed by atoms with Crippen molar-refractivity contribution in [2.75, 3.05) is 6.54 Å². The average molecular weight is 352 g/mol. The van der Waals surface area contributed by atoms with Gasteiger partial charge in [-0.15, -0.1) is 0 Å². The summed E-state index contributed by atoms with van der Waals surface area (Å²) < 4.78 is 13.1. The number of aromatic nitrogens is 2. The number of aromatic carboxylic acids is 1. The minimum Gasteiger partial charge on any atom is -0.476 e. The highest BCUT2D eigenvalue weighted by molar-refractivity contribution is 6.31. The van der Waals surface area contributed by atoms with Gasteiger partial charge in [-0.1, -0.05) is 31.5 Å². The first-order valence-corrected chi connectivity index (χ1v) is 7.37. The Morgan fingerprint density at radius 2 is 1.88 bits per heavy atom. The lowest BCUT2D eigenvalue weighted by molar-refractivity contribution is 0.0689. The summed E-state index contributed by atoms with van der Waals surface area (Å²) in [6, 6.07) is 4.10. The number of carbonyl (C=O) groups excluding carboxylic acids is 1. The monoisotopic (exact) mass is 351 g/mol. The van der Waals surface area contributed by atoms with E-state index in [-0.39, 0.29) is 23.0 Å². The fraction of sp³-hybridized carbons (Fsp3) is 0.250. The van der Waals surface area contributed by atoms with Crippen LogP contribution < -0.4 is 5.32 Å². The molecule has 6 nitrogen and oxygen atoms in total. The molecule has 0 bridgehead atoms. The average Bonchev–Trinajstić information content (AvgIpc) is 2.52. The van der Waals surface area contributed by atoms with Gasteiger partial charge >= 0.3 is 5.97 Å². The van der Waals surface area contributed by atoms with Crippen LogP contribution in [0.1, 0.15) is 40.4 Å². The summed E-state index contributed by atoms with van der Waals surface area (Å²) in [5.74, 6) is -2.15. The normalized spacial score (nSPS) is 11.2. The van der Waals surface area contributed by atoms with Crippen molar-refractivity contribution in [1.82, 2.24) is 15.3 Å². The minimum atomic E-state index is -1.22. The Morgan fingerprint density at radius 1 is 1.25 bits per heavy atom. The molecule has 0 saturated heterocycles. The SMILES string of the molecule is CC(C)(CNC(=O)c1cnc(C(=O)O)cn1)c1ccc(F)cc1Cl. The summed E-state index contributed by atoms with van der Waals surface area (Å²) in [4.78, 5) is 30.2. The van der Waals surface area contributed by atoms with Gasteiger partial charge in [0.1, 0.15) is 11.5 Å². The van der Waals surface area contributed by atoms with Gasteiger partial charge in [-0.3, -0.25) is 4.79 Å². The topological polar surface area (TPSA) is 92.2 Å². The molecule has 0 aliphatic rings. The van der Waals surface area contributed by atoms with Crippen LogP contribution in [-0.4, -0.2) is 33.5 Å². The molecule has 2 N–H and O–H groups in total. The van der Waals surface area contributed by atoms with E-state index >= 15 is 0 Å². The number of rotatable bonds is 5. The van der Waals surface area contributed by atoms with Crippen LogP contribution in [-0.2, 0) is 5.41 Å². The summed E-state index contributed by atoms with van der Waals surface area (Å²) in [7, 11) is 0. The Labute approximate surface area is 142 Å². The Bertz CT molecular complexity index is 779. The van der Waals surface area contributed by atoms with E-state index in [1.54, 1.807) is 6.07 Å². The summed E-state index contributed by atoms with van der Waals surface area (Å²) in [6.07, 6.45) is 2.11. The van der Waals surface area contributed by atoms with Gasteiger partial charge in [0.2, 0.25) is 0 Å². The molecule has 1 aromatic heterocycles.